The molecular formula is C23H28ClN3O2S. The van der Waals surface area contributed by atoms with Gasteiger partial charge in [-0.1, -0.05) is 11.6 Å². The van der Waals surface area contributed by atoms with Crippen molar-refractivity contribution in [1.82, 2.24) is 4.98 Å². The van der Waals surface area contributed by atoms with Gasteiger partial charge in [-0.05, 0) is 74.4 Å². The molecule has 1 aromatic carbocycles. The van der Waals surface area contributed by atoms with Crippen LogP contribution in [0.4, 0.5) is 11.5 Å². The molecule has 0 unspecified atom stereocenters. The molecule has 1 atom stereocenters. The lowest BCUT2D eigenvalue weighted by atomic mass is 9.77. The Morgan fingerprint density at radius 2 is 1.97 bits per heavy atom. The van der Waals surface area contributed by atoms with E-state index in [0.29, 0.717) is 11.7 Å². The number of rotatable bonds is 5. The molecule has 2 fully saturated rings. The van der Waals surface area contributed by atoms with Gasteiger partial charge in [0, 0.05) is 41.2 Å². The van der Waals surface area contributed by atoms with E-state index in [0.717, 1.165) is 73.0 Å². The van der Waals surface area contributed by atoms with Gasteiger partial charge in [0.1, 0.15) is 5.82 Å². The Hall–Kier alpha value is -1.63. The number of hydrogen-bond acceptors (Lipinski definition) is 5. The monoisotopic (exact) mass is 445 g/mol. The summed E-state index contributed by atoms with van der Waals surface area (Å²) in [7, 11) is -0.995. The Morgan fingerprint density at radius 1 is 1.23 bits per heavy atom. The highest BCUT2D eigenvalue weighted by Crippen LogP contribution is 2.40. The van der Waals surface area contributed by atoms with Crippen molar-refractivity contribution in [2.24, 2.45) is 0 Å². The van der Waals surface area contributed by atoms with E-state index < -0.39 is 10.8 Å². The highest BCUT2D eigenvalue weighted by molar-refractivity contribution is 7.85. The molecule has 1 aromatic heterocycles. The summed E-state index contributed by atoms with van der Waals surface area (Å²) in [6.45, 7) is 2.07. The van der Waals surface area contributed by atoms with Crippen LogP contribution in [0.25, 0.3) is 0 Å². The van der Waals surface area contributed by atoms with E-state index in [4.69, 9.17) is 16.6 Å². The molecule has 7 heteroatoms. The van der Waals surface area contributed by atoms with Crippen LogP contribution in [0.1, 0.15) is 49.3 Å². The van der Waals surface area contributed by atoms with Crippen LogP contribution in [0.15, 0.2) is 35.2 Å². The topological polar surface area (TPSA) is 65.5 Å². The average molecular weight is 446 g/mol. The summed E-state index contributed by atoms with van der Waals surface area (Å²) in [5.74, 6) is 1.84. The number of hydrogen-bond donors (Lipinski definition) is 2. The molecule has 0 amide bonds. The molecule has 5 nitrogen and oxygen atoms in total. The maximum absolute atomic E-state index is 12.6. The van der Waals surface area contributed by atoms with E-state index in [-0.39, 0.29) is 12.1 Å². The van der Waals surface area contributed by atoms with Crippen molar-refractivity contribution in [2.45, 2.75) is 54.9 Å². The minimum atomic E-state index is -0.995. The maximum Gasteiger partial charge on any atom is 0.143 e. The number of aromatic nitrogens is 1. The Bertz CT molecular complexity index is 948. The van der Waals surface area contributed by atoms with Crippen molar-refractivity contribution in [1.29, 1.82) is 0 Å². The molecule has 0 bridgehead atoms. The van der Waals surface area contributed by atoms with Crippen molar-refractivity contribution in [3.05, 3.63) is 46.6 Å². The van der Waals surface area contributed by atoms with Gasteiger partial charge < -0.3 is 15.3 Å². The largest absolute Gasteiger partial charge is 0.394 e. The van der Waals surface area contributed by atoms with Crippen LogP contribution in [0.5, 0.6) is 0 Å². The molecular weight excluding hydrogens is 418 g/mol. The summed E-state index contributed by atoms with van der Waals surface area (Å²) in [4.78, 5) is 8.27. The lowest BCUT2D eigenvalue weighted by Crippen LogP contribution is -2.48. The number of anilines is 2. The van der Waals surface area contributed by atoms with E-state index >= 15 is 0 Å². The van der Waals surface area contributed by atoms with Gasteiger partial charge in [0.05, 0.1) is 27.8 Å². The first-order valence-corrected chi connectivity index (χ1v) is 12.6. The third-order valence-electron chi connectivity index (χ3n) is 6.96. The fraction of sp³-hybridized carbons (Fsp3) is 0.522. The number of aliphatic hydroxyl groups excluding tert-OH is 1. The Balaban J connectivity index is 1.37. The van der Waals surface area contributed by atoms with E-state index in [1.807, 2.05) is 12.1 Å². The number of aryl methyl sites for hydroxylation is 1. The van der Waals surface area contributed by atoms with E-state index in [1.54, 1.807) is 0 Å². The number of nitrogens with zero attached hydrogens (tertiary/aromatic N) is 2. The lowest BCUT2D eigenvalue weighted by Gasteiger charge is -2.42. The molecule has 2 aromatic rings. The van der Waals surface area contributed by atoms with Gasteiger partial charge in [0.2, 0.25) is 0 Å². The van der Waals surface area contributed by atoms with Crippen molar-refractivity contribution in [3.63, 3.8) is 0 Å². The van der Waals surface area contributed by atoms with Crippen LogP contribution in [0.2, 0.25) is 5.02 Å². The third-order valence-corrected chi connectivity index (χ3v) is 8.69. The number of pyridine rings is 1. The standard InChI is InChI=1S/C23H28ClN3O2S/c24-18-2-4-19(5-3-18)27-11-6-16(7-12-27)20-14-17-8-13-30(29)21(17)22(25-20)26-23(15-28)9-1-10-23/h2-5,14,16,28H,1,6-13,15H2,(H,25,26)/t30-/m1/s1. The third kappa shape index (κ3) is 3.74. The Kier molecular flexibility index (Phi) is 5.50. The van der Waals surface area contributed by atoms with Gasteiger partial charge in [0.25, 0.3) is 0 Å². The Labute approximate surface area is 185 Å². The summed E-state index contributed by atoms with van der Waals surface area (Å²) in [5, 5.41) is 14.2. The molecule has 30 heavy (non-hydrogen) atoms. The zero-order valence-electron chi connectivity index (χ0n) is 17.1. The molecule has 0 spiro atoms. The first-order chi connectivity index (χ1) is 14.6. The van der Waals surface area contributed by atoms with Crippen molar-refractivity contribution < 1.29 is 9.32 Å². The number of piperidine rings is 1. The number of halogens is 1. The molecule has 3 aliphatic rings. The summed E-state index contributed by atoms with van der Waals surface area (Å²) in [6.07, 6.45) is 5.93. The molecule has 1 saturated carbocycles. The highest BCUT2D eigenvalue weighted by atomic mass is 35.5. The van der Waals surface area contributed by atoms with Crippen LogP contribution >= 0.6 is 11.6 Å². The van der Waals surface area contributed by atoms with Crippen molar-refractivity contribution >= 4 is 33.9 Å². The normalized spacial score (nSPS) is 23.1. The minimum absolute atomic E-state index is 0.0970. The summed E-state index contributed by atoms with van der Waals surface area (Å²) in [5.41, 5.74) is 3.21. The van der Waals surface area contributed by atoms with Gasteiger partial charge in [-0.15, -0.1) is 0 Å². The molecule has 1 aliphatic carbocycles. The molecule has 160 valence electrons. The SMILES string of the molecule is O=[S@@]1CCc2cc(C3CCN(c4ccc(Cl)cc4)CC3)nc(NC3(CO)CCC3)c21. The Morgan fingerprint density at radius 3 is 2.60 bits per heavy atom. The summed E-state index contributed by atoms with van der Waals surface area (Å²) >= 11 is 6.03. The van der Waals surface area contributed by atoms with E-state index in [2.05, 4.69) is 28.4 Å². The quantitative estimate of drug-likeness (QED) is 0.725. The zero-order valence-corrected chi connectivity index (χ0v) is 18.6. The molecule has 2 N–H and O–H groups in total. The maximum atomic E-state index is 12.6. The smallest absolute Gasteiger partial charge is 0.143 e. The van der Waals surface area contributed by atoms with Gasteiger partial charge in [-0.3, -0.25) is 4.21 Å². The van der Waals surface area contributed by atoms with Gasteiger partial charge in [-0.2, -0.15) is 0 Å². The van der Waals surface area contributed by atoms with Crippen LogP contribution in [-0.4, -0.2) is 45.3 Å². The molecule has 5 rings (SSSR count). The summed E-state index contributed by atoms with van der Waals surface area (Å²) < 4.78 is 12.6. The molecule has 3 heterocycles. The second-order valence-corrected chi connectivity index (χ2v) is 10.8. The highest BCUT2D eigenvalue weighted by Gasteiger charge is 2.38. The van der Waals surface area contributed by atoms with Gasteiger partial charge in [-0.25, -0.2) is 4.98 Å². The van der Waals surface area contributed by atoms with Gasteiger partial charge in [0.15, 0.2) is 0 Å². The zero-order chi connectivity index (χ0) is 20.7. The predicted molar refractivity (Wildman–Crippen MR) is 122 cm³/mol. The van der Waals surface area contributed by atoms with Crippen LogP contribution < -0.4 is 10.2 Å². The van der Waals surface area contributed by atoms with Crippen molar-refractivity contribution in [3.8, 4) is 0 Å². The first kappa shape index (κ1) is 20.3. The predicted octanol–water partition coefficient (Wildman–Crippen LogP) is 4.11. The average Bonchev–Trinajstić information content (AvgIpc) is 3.12. The fourth-order valence-electron chi connectivity index (χ4n) is 4.91. The van der Waals surface area contributed by atoms with Gasteiger partial charge >= 0.3 is 0 Å². The molecule has 2 aliphatic heterocycles. The second kappa shape index (κ2) is 8.13. The van der Waals surface area contributed by atoms with Crippen LogP contribution in [0.3, 0.4) is 0 Å². The summed E-state index contributed by atoms with van der Waals surface area (Å²) in [6, 6.07) is 10.3. The van der Waals surface area contributed by atoms with Crippen LogP contribution in [-0.2, 0) is 17.2 Å². The van der Waals surface area contributed by atoms with Crippen molar-refractivity contribution in [2.75, 3.05) is 35.7 Å². The number of nitrogens with one attached hydrogen (secondary N) is 1. The number of aliphatic hydroxyl groups is 1. The number of benzene rings is 1. The number of fused-ring (bicyclic) bond motifs is 1. The van der Waals surface area contributed by atoms with Crippen LogP contribution in [0, 0.1) is 0 Å². The first-order valence-electron chi connectivity index (χ1n) is 10.9. The van der Waals surface area contributed by atoms with E-state index in [9.17, 15) is 9.32 Å². The minimum Gasteiger partial charge on any atom is -0.394 e. The van der Waals surface area contributed by atoms with E-state index in [1.165, 1.54) is 11.3 Å². The fourth-order valence-corrected chi connectivity index (χ4v) is 6.41. The lowest BCUT2D eigenvalue weighted by molar-refractivity contribution is 0.143. The molecule has 1 saturated heterocycles. The second-order valence-electron chi connectivity index (χ2n) is 8.84. The molecule has 0 radical (unpaired) electrons.